The second-order valence-electron chi connectivity index (χ2n) is 9.47. The number of hydrogen-bond acceptors (Lipinski definition) is 6. The second-order valence-corrected chi connectivity index (χ2v) is 9.47. The molecule has 11 nitrogen and oxygen atoms in total. The van der Waals surface area contributed by atoms with Crippen LogP contribution in [0.2, 0.25) is 0 Å². The van der Waals surface area contributed by atoms with Gasteiger partial charge in [-0.15, -0.1) is 0 Å². The zero-order chi connectivity index (χ0) is 26.7. The topological polar surface area (TPSA) is 116 Å². The third-order valence-corrected chi connectivity index (χ3v) is 6.24. The van der Waals surface area contributed by atoms with E-state index in [2.05, 4.69) is 32.5 Å². The zero-order valence-corrected chi connectivity index (χ0v) is 21.7. The highest BCUT2D eigenvalue weighted by atomic mass is 16.2. The van der Waals surface area contributed by atoms with E-state index >= 15 is 0 Å². The Bertz CT molecular complexity index is 1280. The van der Waals surface area contributed by atoms with Crippen LogP contribution in [0.4, 0.5) is 16.3 Å². The molecule has 4 rings (SSSR count). The van der Waals surface area contributed by atoms with Crippen LogP contribution in [0.3, 0.4) is 0 Å². The van der Waals surface area contributed by atoms with Crippen molar-refractivity contribution in [2.45, 2.75) is 32.6 Å². The first-order valence-corrected chi connectivity index (χ1v) is 12.0. The molecule has 194 valence electrons. The van der Waals surface area contributed by atoms with Gasteiger partial charge in [0.15, 0.2) is 0 Å². The van der Waals surface area contributed by atoms with Crippen LogP contribution in [0.25, 0.3) is 0 Å². The summed E-state index contributed by atoms with van der Waals surface area (Å²) in [6.45, 7) is 3.50. The van der Waals surface area contributed by atoms with Gasteiger partial charge in [0, 0.05) is 52.7 Å². The fraction of sp³-hybridized carbons (Fsp3) is 0.346. The van der Waals surface area contributed by atoms with Gasteiger partial charge in [0.2, 0.25) is 0 Å². The van der Waals surface area contributed by atoms with E-state index in [-0.39, 0.29) is 23.9 Å². The summed E-state index contributed by atoms with van der Waals surface area (Å²) in [5, 5.41) is 10.2. The molecule has 1 aliphatic heterocycles. The summed E-state index contributed by atoms with van der Waals surface area (Å²) in [6, 6.07) is 10.8. The number of nitrogens with zero attached hydrogens (tertiary/aromatic N) is 6. The van der Waals surface area contributed by atoms with Gasteiger partial charge >= 0.3 is 6.03 Å². The van der Waals surface area contributed by atoms with Crippen LogP contribution in [-0.2, 0) is 19.6 Å². The molecular weight excluding hydrogens is 472 g/mol. The van der Waals surface area contributed by atoms with Crippen LogP contribution in [0.15, 0.2) is 48.8 Å². The lowest BCUT2D eigenvalue weighted by Gasteiger charge is -2.35. The number of pyridine rings is 1. The first-order chi connectivity index (χ1) is 17.6. The Morgan fingerprint density at radius 3 is 2.35 bits per heavy atom. The van der Waals surface area contributed by atoms with E-state index in [9.17, 15) is 14.4 Å². The van der Waals surface area contributed by atoms with Gasteiger partial charge in [-0.25, -0.2) is 9.78 Å². The van der Waals surface area contributed by atoms with Gasteiger partial charge in [0.25, 0.3) is 11.8 Å². The van der Waals surface area contributed by atoms with Crippen LogP contribution >= 0.6 is 0 Å². The highest BCUT2D eigenvalue weighted by molar-refractivity contribution is 5.95. The second kappa shape index (κ2) is 10.7. The molecule has 1 aromatic carbocycles. The molecule has 0 saturated carbocycles. The molecule has 2 N–H and O–H groups in total. The number of anilines is 2. The summed E-state index contributed by atoms with van der Waals surface area (Å²) >= 11 is 0. The molecule has 1 aliphatic rings. The van der Waals surface area contributed by atoms with Crippen molar-refractivity contribution < 1.29 is 14.4 Å². The molecule has 2 aromatic heterocycles. The maximum Gasteiger partial charge on any atom is 0.321 e. The maximum atomic E-state index is 13.0. The third kappa shape index (κ3) is 5.71. The summed E-state index contributed by atoms with van der Waals surface area (Å²) in [6.07, 6.45) is 3.19. The molecule has 3 aromatic rings. The van der Waals surface area contributed by atoms with E-state index in [0.717, 1.165) is 17.1 Å². The summed E-state index contributed by atoms with van der Waals surface area (Å²) in [7, 11) is 6.76. The number of benzene rings is 1. The largest absolute Gasteiger partial charge is 0.348 e. The SMILES string of the molecule is CC1Cn2ncc(C(=O)NCc3ccc(NC(=O)N(C)C)cc3)c2CN1c1ccc(C(=O)N(C)C)cn1. The highest BCUT2D eigenvalue weighted by Gasteiger charge is 2.29. The summed E-state index contributed by atoms with van der Waals surface area (Å²) < 4.78 is 1.86. The predicted molar refractivity (Wildman–Crippen MR) is 140 cm³/mol. The minimum Gasteiger partial charge on any atom is -0.348 e. The van der Waals surface area contributed by atoms with Crippen LogP contribution in [0.5, 0.6) is 0 Å². The van der Waals surface area contributed by atoms with Gasteiger partial charge in [0.05, 0.1) is 36.1 Å². The smallest absolute Gasteiger partial charge is 0.321 e. The molecule has 1 unspecified atom stereocenters. The number of carbonyl (C=O) groups is 3. The normalized spacial score (nSPS) is 14.5. The fourth-order valence-corrected chi connectivity index (χ4v) is 4.06. The summed E-state index contributed by atoms with van der Waals surface area (Å²) in [5.74, 6) is 0.430. The van der Waals surface area contributed by atoms with E-state index in [0.29, 0.717) is 36.4 Å². The Morgan fingerprint density at radius 2 is 1.73 bits per heavy atom. The number of rotatable bonds is 6. The average Bonchev–Trinajstić information content (AvgIpc) is 3.29. The van der Waals surface area contributed by atoms with Crippen LogP contribution in [0.1, 0.15) is 38.9 Å². The summed E-state index contributed by atoms with van der Waals surface area (Å²) in [4.78, 5) is 46.6. The lowest BCUT2D eigenvalue weighted by molar-refractivity contribution is 0.0826. The van der Waals surface area contributed by atoms with Gasteiger partial charge in [-0.1, -0.05) is 12.1 Å². The predicted octanol–water partition coefficient (Wildman–Crippen LogP) is 2.41. The standard InChI is InChI=1S/C26H32N8O3/c1-17-15-34-22(16-33(17)23-11-8-19(13-27-23)25(36)31(2)3)21(14-29-34)24(35)28-12-18-6-9-20(10-7-18)30-26(37)32(4)5/h6-11,13-14,17H,12,15-16H2,1-5H3,(H,28,35)(H,30,37). The minimum absolute atomic E-state index is 0.101. The number of aromatic nitrogens is 3. The third-order valence-electron chi connectivity index (χ3n) is 6.24. The van der Waals surface area contributed by atoms with E-state index in [1.807, 2.05) is 22.9 Å². The van der Waals surface area contributed by atoms with E-state index in [1.165, 1.54) is 9.80 Å². The molecule has 0 spiro atoms. The molecule has 37 heavy (non-hydrogen) atoms. The lowest BCUT2D eigenvalue weighted by atomic mass is 10.1. The van der Waals surface area contributed by atoms with Gasteiger partial charge in [-0.3, -0.25) is 14.3 Å². The molecule has 4 amide bonds. The van der Waals surface area contributed by atoms with E-state index in [1.54, 1.807) is 58.8 Å². The zero-order valence-electron chi connectivity index (χ0n) is 21.7. The number of urea groups is 1. The molecule has 0 bridgehead atoms. The number of nitrogens with one attached hydrogen (secondary N) is 2. The molecule has 0 saturated heterocycles. The number of amides is 4. The maximum absolute atomic E-state index is 13.0. The Kier molecular flexibility index (Phi) is 7.42. The number of carbonyl (C=O) groups excluding carboxylic acids is 3. The number of hydrogen-bond donors (Lipinski definition) is 2. The van der Waals surface area contributed by atoms with Gasteiger partial charge in [-0.05, 0) is 36.8 Å². The molecule has 3 heterocycles. The molecule has 11 heteroatoms. The lowest BCUT2D eigenvalue weighted by Crippen LogP contribution is -2.42. The van der Waals surface area contributed by atoms with Gasteiger partial charge < -0.3 is 25.3 Å². The summed E-state index contributed by atoms with van der Waals surface area (Å²) in [5.41, 5.74) is 3.45. The average molecular weight is 505 g/mol. The monoisotopic (exact) mass is 504 g/mol. The molecule has 0 radical (unpaired) electrons. The van der Waals surface area contributed by atoms with Gasteiger partial charge in [0.1, 0.15) is 5.82 Å². The van der Waals surface area contributed by atoms with Crippen molar-refractivity contribution in [1.82, 2.24) is 29.9 Å². The van der Waals surface area contributed by atoms with Crippen molar-refractivity contribution in [3.8, 4) is 0 Å². The number of fused-ring (bicyclic) bond motifs is 1. The quantitative estimate of drug-likeness (QED) is 0.533. The fourth-order valence-electron chi connectivity index (χ4n) is 4.06. The van der Waals surface area contributed by atoms with Crippen LogP contribution in [-0.4, -0.2) is 76.6 Å². The first kappa shape index (κ1) is 25.7. The Morgan fingerprint density at radius 1 is 1.00 bits per heavy atom. The Hall–Kier alpha value is -4.41. The van der Waals surface area contributed by atoms with Crippen molar-refractivity contribution in [3.05, 3.63) is 71.2 Å². The minimum atomic E-state index is -0.208. The Balaban J connectivity index is 1.42. The van der Waals surface area contributed by atoms with E-state index < -0.39 is 0 Å². The highest BCUT2D eigenvalue weighted by Crippen LogP contribution is 2.25. The van der Waals surface area contributed by atoms with Crippen LogP contribution in [0, 0.1) is 0 Å². The Labute approximate surface area is 216 Å². The molecule has 1 atom stereocenters. The van der Waals surface area contributed by atoms with Crippen molar-refractivity contribution in [2.24, 2.45) is 0 Å². The van der Waals surface area contributed by atoms with Crippen molar-refractivity contribution in [3.63, 3.8) is 0 Å². The van der Waals surface area contributed by atoms with Crippen molar-refractivity contribution in [2.75, 3.05) is 38.4 Å². The molecule has 0 fully saturated rings. The van der Waals surface area contributed by atoms with Crippen molar-refractivity contribution in [1.29, 1.82) is 0 Å². The van der Waals surface area contributed by atoms with Gasteiger partial charge in [-0.2, -0.15) is 5.10 Å². The molecule has 0 aliphatic carbocycles. The van der Waals surface area contributed by atoms with Crippen molar-refractivity contribution >= 4 is 29.4 Å². The van der Waals surface area contributed by atoms with Crippen LogP contribution < -0.4 is 15.5 Å². The van der Waals surface area contributed by atoms with E-state index in [4.69, 9.17) is 0 Å². The first-order valence-electron chi connectivity index (χ1n) is 12.0. The molecular formula is C26H32N8O3.